The maximum atomic E-state index is 13.1. The number of methoxy groups -OCH3 is 2. The van der Waals surface area contributed by atoms with E-state index in [2.05, 4.69) is 166 Å². The molecule has 3 aromatic heterocycles. The van der Waals surface area contributed by atoms with Gasteiger partial charge >= 0.3 is 0 Å². The Morgan fingerprint density at radius 2 is 0.833 bits per heavy atom. The van der Waals surface area contributed by atoms with E-state index < -0.39 is 0 Å². The molecule has 12 rings (SSSR count). The summed E-state index contributed by atoms with van der Waals surface area (Å²) in [5.74, 6) is 3.59. The van der Waals surface area contributed by atoms with E-state index in [0.29, 0.717) is 79.5 Å². The number of nitrogens with one attached hydrogen (secondary N) is 4. The largest absolute Gasteiger partial charge is 0.497 e. The Morgan fingerprint density at radius 1 is 0.438 bits per heavy atom. The van der Waals surface area contributed by atoms with E-state index in [0.717, 1.165) is 55.7 Å². The average molecular weight is 1290 g/mol. The summed E-state index contributed by atoms with van der Waals surface area (Å²) in [6.45, 7) is 21.9. The molecule has 2 aliphatic heterocycles. The topological polar surface area (TPSA) is 184 Å². The third-order valence-electron chi connectivity index (χ3n) is 17.2. The van der Waals surface area contributed by atoms with Gasteiger partial charge in [0.25, 0.3) is 0 Å². The molecule has 0 radical (unpaired) electrons. The Labute approximate surface area is 564 Å². The van der Waals surface area contributed by atoms with Gasteiger partial charge in [0.15, 0.2) is 23.0 Å². The quantitative estimate of drug-likeness (QED) is 0.0680. The van der Waals surface area contributed by atoms with Crippen LogP contribution in [-0.2, 0) is 30.6 Å². The van der Waals surface area contributed by atoms with E-state index in [4.69, 9.17) is 28.4 Å². The van der Waals surface area contributed by atoms with Crippen LogP contribution >= 0.6 is 0 Å². The van der Waals surface area contributed by atoms with E-state index in [1.54, 1.807) is 32.7 Å². The fourth-order valence-corrected chi connectivity index (χ4v) is 11.6. The molecule has 0 bridgehead atoms. The number of H-pyrrole nitrogens is 1. The fourth-order valence-electron chi connectivity index (χ4n) is 11.6. The number of anilines is 3. The predicted octanol–water partition coefficient (Wildman–Crippen LogP) is 17.3. The lowest BCUT2D eigenvalue weighted by molar-refractivity contribution is -0.117. The van der Waals surface area contributed by atoms with E-state index in [-0.39, 0.29) is 58.1 Å². The minimum absolute atomic E-state index is 0.0152. The highest BCUT2D eigenvalue weighted by Crippen LogP contribution is 2.38. The van der Waals surface area contributed by atoms with Gasteiger partial charge in [0.05, 0.1) is 14.2 Å². The molecule has 5 heterocycles. The minimum Gasteiger partial charge on any atom is -0.497 e. The molecule has 0 fully saturated rings. The van der Waals surface area contributed by atoms with Gasteiger partial charge < -0.3 is 49.4 Å². The normalized spacial score (nSPS) is 13.4. The molecule has 3 amide bonds. The number of amides is 3. The summed E-state index contributed by atoms with van der Waals surface area (Å²) in [7, 11) is 3.24. The average Bonchev–Trinajstić information content (AvgIpc) is 1.15. The molecule has 96 heavy (non-hydrogen) atoms. The van der Waals surface area contributed by atoms with Crippen molar-refractivity contribution in [1.29, 1.82) is 0 Å². The van der Waals surface area contributed by atoms with Gasteiger partial charge in [0.2, 0.25) is 23.6 Å². The molecular formula is C81H88N6O9. The van der Waals surface area contributed by atoms with Crippen LogP contribution in [0.25, 0.3) is 10.9 Å². The fraction of sp³-hybridized carbons (Fsp3) is 0.296. The molecule has 2 aliphatic rings. The number of aromatic amines is 1. The molecular weight excluding hydrogens is 1200 g/mol. The molecule has 496 valence electrons. The number of hydrogen-bond donors (Lipinski definition) is 4. The van der Waals surface area contributed by atoms with Crippen LogP contribution < -0.4 is 44.4 Å². The van der Waals surface area contributed by atoms with Gasteiger partial charge in [-0.15, -0.1) is 0 Å². The number of ether oxygens (including phenoxy) is 6. The van der Waals surface area contributed by atoms with Crippen LogP contribution in [0, 0.1) is 0 Å². The van der Waals surface area contributed by atoms with Gasteiger partial charge in [-0.25, -0.2) is 4.98 Å². The summed E-state index contributed by atoms with van der Waals surface area (Å²) in [5.41, 5.74) is 13.6. The summed E-state index contributed by atoms with van der Waals surface area (Å²) in [4.78, 5) is 50.9. The Kier molecular flexibility index (Phi) is 21.9. The van der Waals surface area contributed by atoms with Gasteiger partial charge in [0.1, 0.15) is 32.2 Å². The van der Waals surface area contributed by atoms with E-state index in [1.807, 2.05) is 116 Å². The number of benzene rings is 7. The summed E-state index contributed by atoms with van der Waals surface area (Å²) in [5, 5.41) is 10.2. The summed E-state index contributed by atoms with van der Waals surface area (Å²) in [6.07, 6.45) is 8.23. The zero-order valence-corrected chi connectivity index (χ0v) is 56.9. The van der Waals surface area contributed by atoms with Gasteiger partial charge in [-0.05, 0) is 133 Å². The maximum Gasteiger partial charge on any atom is 0.225 e. The Balaban J connectivity index is 0.000000157. The number of pyridine rings is 2. The zero-order chi connectivity index (χ0) is 68.0. The van der Waals surface area contributed by atoms with Crippen LogP contribution in [0.5, 0.6) is 34.6 Å². The Morgan fingerprint density at radius 3 is 1.23 bits per heavy atom. The highest BCUT2D eigenvalue weighted by atomic mass is 16.6. The molecule has 3 unspecified atom stereocenters. The molecule has 0 spiro atoms. The van der Waals surface area contributed by atoms with E-state index in [1.165, 1.54) is 16.7 Å². The van der Waals surface area contributed by atoms with Crippen molar-refractivity contribution in [2.45, 2.75) is 116 Å². The molecule has 0 aliphatic carbocycles. The molecule has 15 nitrogen and oxygen atoms in total. The monoisotopic (exact) mass is 1290 g/mol. The first-order chi connectivity index (χ1) is 46.1. The van der Waals surface area contributed by atoms with E-state index in [9.17, 15) is 14.4 Å². The number of hydrogen-bond acceptors (Lipinski definition) is 11. The second kappa shape index (κ2) is 30.8. The smallest absolute Gasteiger partial charge is 0.225 e. The first-order valence-electron chi connectivity index (χ1n) is 32.7. The van der Waals surface area contributed by atoms with Crippen molar-refractivity contribution in [2.75, 3.05) is 56.6 Å². The lowest BCUT2D eigenvalue weighted by atomic mass is 9.83. The van der Waals surface area contributed by atoms with Crippen molar-refractivity contribution >= 4 is 45.7 Å². The number of carbonyl (C=O) groups is 3. The summed E-state index contributed by atoms with van der Waals surface area (Å²) < 4.78 is 32.9. The molecule has 7 aromatic carbocycles. The zero-order valence-electron chi connectivity index (χ0n) is 56.9. The second-order valence-electron chi connectivity index (χ2n) is 27.2. The molecule has 10 aromatic rings. The van der Waals surface area contributed by atoms with Crippen LogP contribution in [0.2, 0.25) is 0 Å². The van der Waals surface area contributed by atoms with Crippen LogP contribution in [0.4, 0.5) is 17.1 Å². The van der Waals surface area contributed by atoms with Gasteiger partial charge in [-0.3, -0.25) is 19.4 Å². The lowest BCUT2D eigenvalue weighted by Gasteiger charge is -2.22. The molecule has 0 saturated carbocycles. The van der Waals surface area contributed by atoms with Gasteiger partial charge in [-0.1, -0.05) is 159 Å². The molecule has 3 atom stereocenters. The molecule has 15 heteroatoms. The van der Waals surface area contributed by atoms with Gasteiger partial charge in [-0.2, -0.15) is 0 Å². The SMILES string of the molecule is CC(C)(C)c1ccc(C(CC(=O)Nc2ccc3[nH]ccc3c2)c2cccnc2)cc1.COc1ccc(C(CC(=O)Nc2ccc3c(c2)OCCO3)c2ccc(C(C)(C)C)cc2)cc1.COc1ccc(C(CC(=O)Nc2ccc3c(c2)OCCO3)c2ccc(C(C)(C)C)cc2)cn1. The Hall–Kier alpha value is -10.4. The van der Waals surface area contributed by atoms with Crippen molar-refractivity contribution in [1.82, 2.24) is 15.0 Å². The van der Waals surface area contributed by atoms with Crippen LogP contribution in [0.1, 0.15) is 149 Å². The minimum atomic E-state index is -0.144. The van der Waals surface area contributed by atoms with Crippen molar-refractivity contribution < 1.29 is 42.8 Å². The van der Waals surface area contributed by atoms with Crippen molar-refractivity contribution in [2.24, 2.45) is 0 Å². The van der Waals surface area contributed by atoms with Crippen molar-refractivity contribution in [3.05, 3.63) is 257 Å². The van der Waals surface area contributed by atoms with Crippen LogP contribution in [0.15, 0.2) is 207 Å². The molecule has 4 N–H and O–H groups in total. The highest BCUT2D eigenvalue weighted by Gasteiger charge is 2.26. The highest BCUT2D eigenvalue weighted by molar-refractivity contribution is 5.95. The standard InChI is InChI=1S/C28H31NO4.C27H30N2O4.C26H27N3O/c1-28(2,3)21-9-5-19(6-10-21)24(20-7-12-23(31-4)13-8-20)18-27(30)29-22-11-14-25-26(17-22)33-16-15-32-25;1-27(2,3)20-8-5-18(6-9-20)22(19-7-12-26(31-4)28-17-19)16-25(30)29-21-10-11-23-24(15-21)33-14-13-32-23;1-26(2,3)21-8-6-18(7-9-21)23(20-5-4-13-27-17-20)16-25(30)29-22-10-11-24-19(15-22)12-14-28-24/h5-14,17,24H,15-16,18H2,1-4H3,(H,29,30);5-12,15,17,22H,13-14,16H2,1-4H3,(H,29,30);4-15,17,23,28H,16H2,1-3H3,(H,29,30). The third kappa shape index (κ3) is 18.3. The summed E-state index contributed by atoms with van der Waals surface area (Å²) >= 11 is 0. The van der Waals surface area contributed by atoms with Gasteiger partial charge in [0, 0.05) is 108 Å². The number of rotatable bonds is 17. The third-order valence-corrected chi connectivity index (χ3v) is 17.2. The van der Waals surface area contributed by atoms with Crippen LogP contribution in [-0.4, -0.2) is 73.3 Å². The maximum absolute atomic E-state index is 13.1. The number of carbonyl (C=O) groups excluding carboxylic acids is 3. The number of aromatic nitrogens is 3. The lowest BCUT2D eigenvalue weighted by Crippen LogP contribution is -2.18. The van der Waals surface area contributed by atoms with E-state index >= 15 is 0 Å². The summed E-state index contributed by atoms with van der Waals surface area (Å²) in [6, 6.07) is 60.1. The van der Waals surface area contributed by atoms with Crippen molar-refractivity contribution in [3.8, 4) is 34.6 Å². The first-order valence-corrected chi connectivity index (χ1v) is 32.7. The Bertz CT molecular complexity index is 4030. The number of nitrogens with zero attached hydrogens (tertiary/aromatic N) is 2. The predicted molar refractivity (Wildman–Crippen MR) is 382 cm³/mol. The number of fused-ring (bicyclic) bond motifs is 3. The molecule has 0 saturated heterocycles. The first kappa shape index (κ1) is 68.4. The second-order valence-corrected chi connectivity index (χ2v) is 27.2. The van der Waals surface area contributed by atoms with Crippen LogP contribution in [0.3, 0.4) is 0 Å². The van der Waals surface area contributed by atoms with Crippen molar-refractivity contribution in [3.63, 3.8) is 0 Å².